The predicted octanol–water partition coefficient (Wildman–Crippen LogP) is 1.92. The number of hydrogen-bond acceptors (Lipinski definition) is 5. The summed E-state index contributed by atoms with van der Waals surface area (Å²) < 4.78 is 7.27. The van der Waals surface area contributed by atoms with Gasteiger partial charge in [-0.05, 0) is 49.8 Å². The van der Waals surface area contributed by atoms with Gasteiger partial charge in [0, 0.05) is 31.7 Å². The molecule has 0 radical (unpaired) electrons. The number of rotatable bonds is 7. The van der Waals surface area contributed by atoms with E-state index in [0.717, 1.165) is 45.7 Å². The van der Waals surface area contributed by atoms with Crippen LogP contribution in [0.5, 0.6) is 0 Å². The van der Waals surface area contributed by atoms with Crippen LogP contribution in [-0.2, 0) is 11.3 Å². The summed E-state index contributed by atoms with van der Waals surface area (Å²) in [5, 5.41) is 3.49. The molecular formula is C19H26N4O3S. The van der Waals surface area contributed by atoms with Crippen LogP contribution in [0.3, 0.4) is 0 Å². The van der Waals surface area contributed by atoms with Crippen molar-refractivity contribution in [2.75, 3.05) is 39.4 Å². The van der Waals surface area contributed by atoms with Crippen molar-refractivity contribution in [3.05, 3.63) is 38.9 Å². The number of ether oxygens (including phenoxy) is 1. The summed E-state index contributed by atoms with van der Waals surface area (Å²) in [4.78, 5) is 30.4. The number of nitrogens with zero attached hydrogens (tertiary/aromatic N) is 2. The molecular weight excluding hydrogens is 364 g/mol. The van der Waals surface area contributed by atoms with Gasteiger partial charge in [-0.2, -0.15) is 0 Å². The molecule has 0 atom stereocenters. The molecule has 27 heavy (non-hydrogen) atoms. The Bertz CT molecular complexity index is 915. The van der Waals surface area contributed by atoms with E-state index >= 15 is 0 Å². The second-order valence-electron chi connectivity index (χ2n) is 6.71. The quantitative estimate of drug-likeness (QED) is 0.558. The van der Waals surface area contributed by atoms with E-state index < -0.39 is 0 Å². The molecule has 1 aromatic carbocycles. The van der Waals surface area contributed by atoms with Gasteiger partial charge in [-0.15, -0.1) is 0 Å². The molecule has 0 unspecified atom stereocenters. The summed E-state index contributed by atoms with van der Waals surface area (Å²) in [5.41, 5.74) is 0.999. The number of aromatic nitrogens is 2. The third-order valence-corrected chi connectivity index (χ3v) is 5.05. The number of benzene rings is 1. The Hall–Kier alpha value is -2.03. The minimum absolute atomic E-state index is 0.118. The minimum Gasteiger partial charge on any atom is -0.379 e. The lowest BCUT2D eigenvalue weighted by atomic mass is 10.1. The third-order valence-electron chi connectivity index (χ3n) is 4.73. The van der Waals surface area contributed by atoms with Crippen LogP contribution < -0.4 is 10.9 Å². The number of nitrogens with one attached hydrogen (secondary N) is 2. The van der Waals surface area contributed by atoms with E-state index in [9.17, 15) is 9.59 Å². The highest BCUT2D eigenvalue weighted by Crippen LogP contribution is 2.11. The van der Waals surface area contributed by atoms with Crippen molar-refractivity contribution in [3.8, 4) is 0 Å². The van der Waals surface area contributed by atoms with Crippen LogP contribution >= 0.6 is 12.2 Å². The molecule has 1 aliphatic heterocycles. The van der Waals surface area contributed by atoms with Crippen LogP contribution in [0, 0.1) is 4.77 Å². The highest BCUT2D eigenvalue weighted by atomic mass is 32.1. The molecule has 3 rings (SSSR count). The van der Waals surface area contributed by atoms with Crippen molar-refractivity contribution < 1.29 is 9.53 Å². The molecule has 1 aliphatic rings. The van der Waals surface area contributed by atoms with Crippen LogP contribution in [0.2, 0.25) is 0 Å². The molecule has 2 N–H and O–H groups in total. The Balaban J connectivity index is 1.64. The molecule has 146 valence electrons. The zero-order valence-corrected chi connectivity index (χ0v) is 16.4. The van der Waals surface area contributed by atoms with Gasteiger partial charge >= 0.3 is 0 Å². The van der Waals surface area contributed by atoms with Gasteiger partial charge in [-0.1, -0.05) is 6.92 Å². The molecule has 2 heterocycles. The van der Waals surface area contributed by atoms with E-state index in [1.807, 2.05) is 6.92 Å². The van der Waals surface area contributed by atoms with Crippen molar-refractivity contribution in [2.45, 2.75) is 26.3 Å². The van der Waals surface area contributed by atoms with Gasteiger partial charge in [-0.25, -0.2) is 0 Å². The fraction of sp³-hybridized carbons (Fsp3) is 0.526. The Morgan fingerprint density at radius 3 is 2.81 bits per heavy atom. The maximum atomic E-state index is 12.5. The lowest BCUT2D eigenvalue weighted by Crippen LogP contribution is -2.38. The number of fused-ring (bicyclic) bond motifs is 1. The van der Waals surface area contributed by atoms with E-state index in [2.05, 4.69) is 15.2 Å². The van der Waals surface area contributed by atoms with E-state index in [4.69, 9.17) is 17.0 Å². The van der Waals surface area contributed by atoms with Crippen molar-refractivity contribution >= 4 is 29.0 Å². The van der Waals surface area contributed by atoms with Crippen LogP contribution in [0.1, 0.15) is 30.1 Å². The van der Waals surface area contributed by atoms with Gasteiger partial charge < -0.3 is 15.0 Å². The molecule has 0 aliphatic carbocycles. The van der Waals surface area contributed by atoms with E-state index in [1.165, 1.54) is 0 Å². The number of morpholine rings is 1. The summed E-state index contributed by atoms with van der Waals surface area (Å²) in [7, 11) is 0. The highest BCUT2D eigenvalue weighted by molar-refractivity contribution is 7.71. The Morgan fingerprint density at radius 1 is 1.30 bits per heavy atom. The standard InChI is InChI=1S/C19H26N4O3S/c1-2-7-23-18(25)15-5-4-14(13-16(15)21-19(23)27)17(24)20-6-3-8-22-9-11-26-12-10-22/h4-5,13H,2-3,6-12H2,1H3,(H,20,24)(H,21,27). The first-order valence-electron chi connectivity index (χ1n) is 9.45. The summed E-state index contributed by atoms with van der Waals surface area (Å²) in [6.45, 7) is 7.61. The van der Waals surface area contributed by atoms with E-state index in [-0.39, 0.29) is 11.5 Å². The minimum atomic E-state index is -0.143. The molecule has 2 aromatic rings. The molecule has 7 nitrogen and oxygen atoms in total. The van der Waals surface area contributed by atoms with Crippen LogP contribution in [0.25, 0.3) is 10.9 Å². The maximum absolute atomic E-state index is 12.5. The third kappa shape index (κ3) is 4.82. The first-order chi connectivity index (χ1) is 13.1. The molecule has 1 aromatic heterocycles. The number of H-pyrrole nitrogens is 1. The number of carbonyl (C=O) groups is 1. The number of hydrogen-bond donors (Lipinski definition) is 2. The van der Waals surface area contributed by atoms with Gasteiger partial charge in [0.2, 0.25) is 0 Å². The molecule has 1 fully saturated rings. The number of aromatic amines is 1. The van der Waals surface area contributed by atoms with Crippen molar-refractivity contribution in [1.82, 2.24) is 19.8 Å². The predicted molar refractivity (Wildman–Crippen MR) is 108 cm³/mol. The maximum Gasteiger partial charge on any atom is 0.262 e. The SMILES string of the molecule is CCCn1c(=S)[nH]c2cc(C(=O)NCCCN3CCOCC3)ccc2c1=O. The smallest absolute Gasteiger partial charge is 0.262 e. The van der Waals surface area contributed by atoms with Crippen LogP contribution in [0.4, 0.5) is 0 Å². The average Bonchev–Trinajstić information content (AvgIpc) is 2.68. The fourth-order valence-corrected chi connectivity index (χ4v) is 3.54. The summed E-state index contributed by atoms with van der Waals surface area (Å²) in [6, 6.07) is 5.08. The van der Waals surface area contributed by atoms with Gasteiger partial charge in [0.25, 0.3) is 11.5 Å². The lowest BCUT2D eigenvalue weighted by molar-refractivity contribution is 0.0374. The zero-order valence-electron chi connectivity index (χ0n) is 15.6. The topological polar surface area (TPSA) is 79.4 Å². The first-order valence-corrected chi connectivity index (χ1v) is 9.86. The average molecular weight is 391 g/mol. The first kappa shape index (κ1) is 19.7. The van der Waals surface area contributed by atoms with Gasteiger partial charge in [0.05, 0.1) is 24.1 Å². The summed E-state index contributed by atoms with van der Waals surface area (Å²) in [6.07, 6.45) is 1.72. The summed E-state index contributed by atoms with van der Waals surface area (Å²) in [5.74, 6) is -0.143. The lowest BCUT2D eigenvalue weighted by Gasteiger charge is -2.26. The molecule has 1 amide bonds. The van der Waals surface area contributed by atoms with E-state index in [0.29, 0.717) is 34.3 Å². The number of carbonyl (C=O) groups excluding carboxylic acids is 1. The molecule has 1 saturated heterocycles. The second kappa shape index (κ2) is 9.25. The van der Waals surface area contributed by atoms with Gasteiger partial charge in [-0.3, -0.25) is 19.1 Å². The summed E-state index contributed by atoms with van der Waals surface area (Å²) >= 11 is 5.28. The Morgan fingerprint density at radius 2 is 2.07 bits per heavy atom. The normalized spacial score (nSPS) is 15.1. The van der Waals surface area contributed by atoms with Crippen LogP contribution in [0.15, 0.2) is 23.0 Å². The van der Waals surface area contributed by atoms with E-state index in [1.54, 1.807) is 22.8 Å². The monoisotopic (exact) mass is 390 g/mol. The van der Waals surface area contributed by atoms with Crippen molar-refractivity contribution in [2.24, 2.45) is 0 Å². The zero-order chi connectivity index (χ0) is 19.2. The second-order valence-corrected chi connectivity index (χ2v) is 7.10. The van der Waals surface area contributed by atoms with Crippen molar-refractivity contribution in [1.29, 1.82) is 0 Å². The largest absolute Gasteiger partial charge is 0.379 e. The van der Waals surface area contributed by atoms with Crippen molar-refractivity contribution in [3.63, 3.8) is 0 Å². The Kier molecular flexibility index (Phi) is 6.76. The van der Waals surface area contributed by atoms with Gasteiger partial charge in [0.1, 0.15) is 0 Å². The molecule has 0 bridgehead atoms. The highest BCUT2D eigenvalue weighted by Gasteiger charge is 2.12. The Labute approximate surface area is 163 Å². The molecule has 8 heteroatoms. The molecule has 0 spiro atoms. The van der Waals surface area contributed by atoms with Gasteiger partial charge in [0.15, 0.2) is 4.77 Å². The number of amides is 1. The molecule has 0 saturated carbocycles. The fourth-order valence-electron chi connectivity index (χ4n) is 3.25. The van der Waals surface area contributed by atoms with Crippen LogP contribution in [-0.4, -0.2) is 59.8 Å².